The van der Waals surface area contributed by atoms with Crippen LogP contribution in [0.4, 0.5) is 0 Å². The van der Waals surface area contributed by atoms with Gasteiger partial charge in [-0.25, -0.2) is 0 Å². The van der Waals surface area contributed by atoms with Crippen molar-refractivity contribution in [3.05, 3.63) is 64.7 Å². The van der Waals surface area contributed by atoms with Crippen molar-refractivity contribution in [3.8, 4) is 5.75 Å². The molecule has 2 amide bonds. The molecule has 2 fully saturated rings. The Kier molecular flexibility index (Phi) is 7.55. The molecule has 0 N–H and O–H groups in total. The molecule has 5 rings (SSSR count). The van der Waals surface area contributed by atoms with Crippen LogP contribution in [-0.4, -0.2) is 52.3 Å². The second-order valence-corrected chi connectivity index (χ2v) is 9.29. The monoisotopic (exact) mass is 496 g/mol. The highest BCUT2D eigenvalue weighted by molar-refractivity contribution is 6.07. The van der Waals surface area contributed by atoms with Gasteiger partial charge in [0, 0.05) is 36.2 Å². The molecule has 7 nitrogen and oxygen atoms in total. The van der Waals surface area contributed by atoms with Crippen molar-refractivity contribution in [2.24, 2.45) is 0 Å². The highest BCUT2D eigenvalue weighted by Crippen LogP contribution is 2.34. The van der Waals surface area contributed by atoms with E-state index < -0.39 is 6.04 Å². The van der Waals surface area contributed by atoms with Gasteiger partial charge in [-0.3, -0.25) is 19.2 Å². The van der Waals surface area contributed by atoms with Gasteiger partial charge in [0.25, 0.3) is 11.8 Å². The van der Waals surface area contributed by atoms with E-state index in [1.165, 1.54) is 6.42 Å². The van der Waals surface area contributed by atoms with Crippen molar-refractivity contribution < 1.29 is 23.9 Å². The highest BCUT2D eigenvalue weighted by Gasteiger charge is 2.40. The minimum atomic E-state index is -0.546. The van der Waals surface area contributed by atoms with Crippen molar-refractivity contribution in [3.63, 3.8) is 0 Å². The predicted molar refractivity (Wildman–Crippen MR) is 132 cm³/mol. The number of ether oxygens (including phenoxy) is 1. The quantitative estimate of drug-likeness (QED) is 0.585. The molecule has 3 aliphatic rings. The van der Waals surface area contributed by atoms with Gasteiger partial charge < -0.3 is 14.5 Å². The maximum atomic E-state index is 13.0. The molecule has 0 radical (unpaired) electrons. The summed E-state index contributed by atoms with van der Waals surface area (Å²) in [5.74, 6) is 0.262. The van der Waals surface area contributed by atoms with Crippen LogP contribution in [0.5, 0.6) is 5.75 Å². The molecular weight excluding hydrogens is 468 g/mol. The minimum absolute atomic E-state index is 0. The van der Waals surface area contributed by atoms with Crippen molar-refractivity contribution in [1.29, 1.82) is 0 Å². The number of carbonyl (C=O) groups excluding carboxylic acids is 4. The first-order valence-electron chi connectivity index (χ1n) is 12.0. The Hall–Kier alpha value is -3.19. The summed E-state index contributed by atoms with van der Waals surface area (Å²) in [7, 11) is 0. The molecule has 0 aromatic heterocycles. The summed E-state index contributed by atoms with van der Waals surface area (Å²) in [6.07, 6.45) is 3.93. The number of carbonyl (C=O) groups is 4. The molecule has 1 unspecified atom stereocenters. The summed E-state index contributed by atoms with van der Waals surface area (Å²) in [4.78, 5) is 53.1. The predicted octanol–water partition coefficient (Wildman–Crippen LogP) is 3.96. The lowest BCUT2D eigenvalue weighted by Gasteiger charge is -2.29. The maximum Gasteiger partial charge on any atom is 0.255 e. The molecule has 184 valence electrons. The number of Topliss-reactive ketones (excluding diaryl/α,β-unsaturated/α-hetero) is 2. The maximum absolute atomic E-state index is 13.0. The van der Waals surface area contributed by atoms with Crippen LogP contribution >= 0.6 is 12.4 Å². The summed E-state index contributed by atoms with van der Waals surface area (Å²) in [6.45, 7) is 2.25. The molecule has 1 saturated carbocycles. The van der Waals surface area contributed by atoms with Crippen LogP contribution in [0.2, 0.25) is 0 Å². The van der Waals surface area contributed by atoms with Gasteiger partial charge in [0.05, 0.1) is 19.0 Å². The number of likely N-dealkylation sites (tertiary alicyclic amines) is 1. The Morgan fingerprint density at radius 3 is 2.43 bits per heavy atom. The van der Waals surface area contributed by atoms with Crippen LogP contribution in [0, 0.1) is 0 Å². The van der Waals surface area contributed by atoms with Crippen LogP contribution in [0.3, 0.4) is 0 Å². The molecule has 1 saturated heterocycles. The number of nitrogens with zero attached hydrogens (tertiary/aromatic N) is 2. The van der Waals surface area contributed by atoms with Crippen LogP contribution in [0.15, 0.2) is 42.5 Å². The molecule has 2 aromatic carbocycles. The Morgan fingerprint density at radius 2 is 1.71 bits per heavy atom. The number of benzene rings is 2. The third kappa shape index (κ3) is 5.10. The number of hydrogen-bond acceptors (Lipinski definition) is 5. The summed E-state index contributed by atoms with van der Waals surface area (Å²) in [6, 6.07) is 12.3. The van der Waals surface area contributed by atoms with E-state index in [2.05, 4.69) is 0 Å². The smallest absolute Gasteiger partial charge is 0.255 e. The first-order valence-corrected chi connectivity index (χ1v) is 12.0. The first-order chi connectivity index (χ1) is 16.5. The van der Waals surface area contributed by atoms with E-state index in [4.69, 9.17) is 4.74 Å². The fourth-order valence-electron chi connectivity index (χ4n) is 5.09. The van der Waals surface area contributed by atoms with Gasteiger partial charge in [-0.2, -0.15) is 0 Å². The second kappa shape index (κ2) is 10.6. The zero-order valence-electron chi connectivity index (χ0n) is 19.5. The van der Waals surface area contributed by atoms with Crippen LogP contribution in [-0.2, 0) is 22.7 Å². The lowest BCUT2D eigenvalue weighted by atomic mass is 9.92. The van der Waals surface area contributed by atoms with Gasteiger partial charge in [0.1, 0.15) is 18.1 Å². The summed E-state index contributed by atoms with van der Waals surface area (Å²) in [5, 5.41) is 0. The topological polar surface area (TPSA) is 84.0 Å². The average Bonchev–Trinajstić information content (AvgIpc) is 3.20. The van der Waals surface area contributed by atoms with E-state index in [9.17, 15) is 19.2 Å². The van der Waals surface area contributed by atoms with Gasteiger partial charge in [0.2, 0.25) is 0 Å². The van der Waals surface area contributed by atoms with Crippen molar-refractivity contribution in [2.75, 3.05) is 13.1 Å². The number of amides is 2. The van der Waals surface area contributed by atoms with Crippen molar-refractivity contribution >= 4 is 35.8 Å². The molecule has 0 bridgehead atoms. The zero-order valence-corrected chi connectivity index (χ0v) is 20.4. The number of hydrogen-bond donors (Lipinski definition) is 0. The molecule has 1 aliphatic carbocycles. The standard InChI is InChI=1S/C27H28N2O5.ClH/c30-20-11-12-23(24(31)15-20)29-16-22-21(27(29)33)5-4-6-25(22)34-17-18-7-9-19(10-8-18)26(32)28-13-2-1-3-14-28;/h4-10,23H,1-3,11-17H2;1H. The molecule has 35 heavy (non-hydrogen) atoms. The highest BCUT2D eigenvalue weighted by atomic mass is 35.5. The van der Waals surface area contributed by atoms with E-state index in [0.717, 1.165) is 37.1 Å². The fraction of sp³-hybridized carbons (Fsp3) is 0.407. The number of fused-ring (bicyclic) bond motifs is 1. The SMILES string of the molecule is Cl.O=C1CCC(N2Cc3c(OCc4ccc(C(=O)N5CCCCC5)cc4)cccc3C2=O)C(=O)C1. The molecule has 2 aliphatic heterocycles. The van der Waals surface area contributed by atoms with E-state index in [1.807, 2.05) is 35.2 Å². The first kappa shape index (κ1) is 24.9. The largest absolute Gasteiger partial charge is 0.489 e. The van der Waals surface area contributed by atoms with Crippen molar-refractivity contribution in [1.82, 2.24) is 9.80 Å². The number of halogens is 1. The van der Waals surface area contributed by atoms with E-state index in [1.54, 1.807) is 17.0 Å². The normalized spacial score (nSPS) is 19.9. The lowest BCUT2D eigenvalue weighted by Crippen LogP contribution is -2.44. The van der Waals surface area contributed by atoms with Gasteiger partial charge in [0.15, 0.2) is 5.78 Å². The molecule has 8 heteroatoms. The Bertz CT molecular complexity index is 1140. The van der Waals surface area contributed by atoms with Crippen LogP contribution in [0.25, 0.3) is 0 Å². The van der Waals surface area contributed by atoms with Crippen LogP contribution in [0.1, 0.15) is 70.4 Å². The Morgan fingerprint density at radius 1 is 0.971 bits per heavy atom. The fourth-order valence-corrected chi connectivity index (χ4v) is 5.09. The second-order valence-electron chi connectivity index (χ2n) is 9.29. The molecular formula is C27H29ClN2O5. The van der Waals surface area contributed by atoms with Gasteiger partial charge in [-0.05, 0) is 55.5 Å². The Labute approximate surface area is 210 Å². The van der Waals surface area contributed by atoms with Gasteiger partial charge >= 0.3 is 0 Å². The minimum Gasteiger partial charge on any atom is -0.489 e. The summed E-state index contributed by atoms with van der Waals surface area (Å²) < 4.78 is 6.07. The molecule has 2 heterocycles. The van der Waals surface area contributed by atoms with Gasteiger partial charge in [-0.15, -0.1) is 12.4 Å². The third-order valence-corrected chi connectivity index (χ3v) is 7.01. The molecule has 2 aromatic rings. The van der Waals surface area contributed by atoms with E-state index >= 15 is 0 Å². The number of ketones is 2. The van der Waals surface area contributed by atoms with Crippen molar-refractivity contribution in [2.45, 2.75) is 57.7 Å². The van der Waals surface area contributed by atoms with E-state index in [-0.39, 0.29) is 42.2 Å². The van der Waals surface area contributed by atoms with Gasteiger partial charge in [-0.1, -0.05) is 18.2 Å². The number of piperidine rings is 1. The zero-order chi connectivity index (χ0) is 23.7. The summed E-state index contributed by atoms with van der Waals surface area (Å²) in [5.41, 5.74) is 2.93. The summed E-state index contributed by atoms with van der Waals surface area (Å²) >= 11 is 0. The lowest BCUT2D eigenvalue weighted by molar-refractivity contribution is -0.133. The number of rotatable bonds is 5. The molecule has 1 atom stereocenters. The average molecular weight is 497 g/mol. The van der Waals surface area contributed by atoms with E-state index in [0.29, 0.717) is 42.9 Å². The van der Waals surface area contributed by atoms with Crippen LogP contribution < -0.4 is 4.74 Å². The molecule has 0 spiro atoms. The third-order valence-electron chi connectivity index (χ3n) is 7.01. The Balaban J connectivity index is 0.00000289.